The molecule has 0 saturated carbocycles. The van der Waals surface area contributed by atoms with Crippen molar-refractivity contribution in [1.29, 1.82) is 5.26 Å². The zero-order chi connectivity index (χ0) is 14.4. The standard InChI is InChI=1S/C13H11NO5/c1-2-19-13(18)9(7-14)6-8-4-3-5-10(15)11(8)12(16)17/h3-6,15H,2H2,1H3,(H,16,17). The van der Waals surface area contributed by atoms with Gasteiger partial charge in [0.15, 0.2) is 0 Å². The fourth-order valence-corrected chi connectivity index (χ4v) is 1.41. The van der Waals surface area contributed by atoms with Gasteiger partial charge in [0.25, 0.3) is 0 Å². The van der Waals surface area contributed by atoms with Gasteiger partial charge in [-0.3, -0.25) is 0 Å². The van der Waals surface area contributed by atoms with Crippen molar-refractivity contribution in [2.24, 2.45) is 0 Å². The van der Waals surface area contributed by atoms with E-state index in [0.29, 0.717) is 0 Å². The zero-order valence-corrected chi connectivity index (χ0v) is 10.1. The van der Waals surface area contributed by atoms with E-state index in [0.717, 1.165) is 6.08 Å². The highest BCUT2D eigenvalue weighted by atomic mass is 16.5. The molecule has 0 spiro atoms. The van der Waals surface area contributed by atoms with Crippen LogP contribution in [0.4, 0.5) is 0 Å². The fraction of sp³-hybridized carbons (Fsp3) is 0.154. The van der Waals surface area contributed by atoms with E-state index in [1.54, 1.807) is 13.0 Å². The molecule has 0 saturated heterocycles. The van der Waals surface area contributed by atoms with Gasteiger partial charge in [-0.05, 0) is 24.6 Å². The monoisotopic (exact) mass is 261 g/mol. The molecule has 0 bridgehead atoms. The van der Waals surface area contributed by atoms with Crippen molar-refractivity contribution in [3.05, 3.63) is 34.9 Å². The van der Waals surface area contributed by atoms with Crippen LogP contribution < -0.4 is 0 Å². The van der Waals surface area contributed by atoms with E-state index in [2.05, 4.69) is 4.74 Å². The number of aromatic carboxylic acids is 1. The van der Waals surface area contributed by atoms with Gasteiger partial charge in [-0.2, -0.15) is 5.26 Å². The molecule has 1 aromatic rings. The summed E-state index contributed by atoms with van der Waals surface area (Å²) in [6.07, 6.45) is 1.07. The third-order valence-electron chi connectivity index (χ3n) is 2.20. The van der Waals surface area contributed by atoms with Crippen molar-refractivity contribution in [1.82, 2.24) is 0 Å². The van der Waals surface area contributed by atoms with Crippen LogP contribution in [0.1, 0.15) is 22.8 Å². The van der Waals surface area contributed by atoms with Crippen molar-refractivity contribution < 1.29 is 24.5 Å². The number of hydrogen-bond acceptors (Lipinski definition) is 5. The number of benzene rings is 1. The first kappa shape index (κ1) is 14.3. The highest BCUT2D eigenvalue weighted by molar-refractivity contribution is 6.01. The van der Waals surface area contributed by atoms with Gasteiger partial charge in [-0.15, -0.1) is 0 Å². The molecule has 1 rings (SSSR count). The molecule has 0 atom stereocenters. The Morgan fingerprint density at radius 3 is 2.68 bits per heavy atom. The van der Waals surface area contributed by atoms with E-state index in [-0.39, 0.29) is 23.3 Å². The lowest BCUT2D eigenvalue weighted by molar-refractivity contribution is -0.137. The van der Waals surface area contributed by atoms with Crippen molar-refractivity contribution >= 4 is 18.0 Å². The van der Waals surface area contributed by atoms with Crippen molar-refractivity contribution in [2.45, 2.75) is 6.92 Å². The third-order valence-corrected chi connectivity index (χ3v) is 2.20. The molecule has 6 nitrogen and oxygen atoms in total. The Morgan fingerprint density at radius 1 is 1.47 bits per heavy atom. The van der Waals surface area contributed by atoms with Crippen LogP contribution in [-0.4, -0.2) is 28.8 Å². The topological polar surface area (TPSA) is 108 Å². The highest BCUT2D eigenvalue weighted by Crippen LogP contribution is 2.23. The van der Waals surface area contributed by atoms with Crippen LogP contribution in [0.15, 0.2) is 23.8 Å². The Bertz CT molecular complexity index is 583. The molecule has 19 heavy (non-hydrogen) atoms. The summed E-state index contributed by atoms with van der Waals surface area (Å²) in [6, 6.07) is 5.62. The Hall–Kier alpha value is -2.81. The first-order valence-electron chi connectivity index (χ1n) is 5.35. The average Bonchev–Trinajstić information content (AvgIpc) is 2.35. The molecular formula is C13H11NO5. The number of esters is 1. The smallest absolute Gasteiger partial charge is 0.348 e. The van der Waals surface area contributed by atoms with Gasteiger partial charge in [0.2, 0.25) is 0 Å². The number of carboxylic acid groups (broad SMARTS) is 1. The van der Waals surface area contributed by atoms with Crippen molar-refractivity contribution in [3.8, 4) is 11.8 Å². The molecule has 0 radical (unpaired) electrons. The second kappa shape index (κ2) is 6.21. The quantitative estimate of drug-likeness (QED) is 0.483. The number of phenols is 1. The second-order valence-electron chi connectivity index (χ2n) is 3.44. The van der Waals surface area contributed by atoms with E-state index in [9.17, 15) is 14.7 Å². The maximum absolute atomic E-state index is 11.4. The largest absolute Gasteiger partial charge is 0.507 e. The predicted octanol–water partition coefficient (Wildman–Crippen LogP) is 1.56. The van der Waals surface area contributed by atoms with Gasteiger partial charge in [0.05, 0.1) is 6.61 Å². The maximum Gasteiger partial charge on any atom is 0.348 e. The predicted molar refractivity (Wildman–Crippen MR) is 65.3 cm³/mol. The van der Waals surface area contributed by atoms with Crippen LogP contribution >= 0.6 is 0 Å². The summed E-state index contributed by atoms with van der Waals surface area (Å²) in [7, 11) is 0. The zero-order valence-electron chi connectivity index (χ0n) is 10.1. The lowest BCUT2D eigenvalue weighted by Crippen LogP contribution is -2.07. The number of rotatable bonds is 4. The molecule has 0 heterocycles. The molecular weight excluding hydrogens is 250 g/mol. The minimum Gasteiger partial charge on any atom is -0.507 e. The summed E-state index contributed by atoms with van der Waals surface area (Å²) in [6.45, 7) is 1.69. The SMILES string of the molecule is CCOC(=O)C(C#N)=Cc1cccc(O)c1C(=O)O. The Kier molecular flexibility index (Phi) is 4.66. The van der Waals surface area contributed by atoms with Crippen LogP contribution in [0.2, 0.25) is 0 Å². The van der Waals surface area contributed by atoms with Crippen LogP contribution in [0.25, 0.3) is 6.08 Å². The summed E-state index contributed by atoms with van der Waals surface area (Å²) >= 11 is 0. The first-order valence-corrected chi connectivity index (χ1v) is 5.35. The van der Waals surface area contributed by atoms with Gasteiger partial charge in [0, 0.05) is 0 Å². The van der Waals surface area contributed by atoms with Gasteiger partial charge in [0.1, 0.15) is 23.0 Å². The molecule has 0 fully saturated rings. The molecule has 0 aliphatic rings. The molecule has 1 aromatic carbocycles. The van der Waals surface area contributed by atoms with Gasteiger partial charge < -0.3 is 14.9 Å². The molecule has 0 aliphatic carbocycles. The summed E-state index contributed by atoms with van der Waals surface area (Å²) in [4.78, 5) is 22.4. The van der Waals surface area contributed by atoms with Crippen molar-refractivity contribution in [2.75, 3.05) is 6.61 Å². The minimum atomic E-state index is -1.36. The molecule has 0 amide bonds. The van der Waals surface area contributed by atoms with Gasteiger partial charge >= 0.3 is 11.9 Å². The minimum absolute atomic E-state index is 0.0529. The number of carbonyl (C=O) groups is 2. The molecule has 0 aromatic heterocycles. The lowest BCUT2D eigenvalue weighted by Gasteiger charge is -2.04. The highest BCUT2D eigenvalue weighted by Gasteiger charge is 2.16. The van der Waals surface area contributed by atoms with Crippen molar-refractivity contribution in [3.63, 3.8) is 0 Å². The average molecular weight is 261 g/mol. The summed E-state index contributed by atoms with van der Waals surface area (Å²) in [5.41, 5.74) is -0.661. The number of nitriles is 1. The lowest BCUT2D eigenvalue weighted by atomic mass is 10.0. The van der Waals surface area contributed by atoms with Gasteiger partial charge in [-0.25, -0.2) is 9.59 Å². The normalized spacial score (nSPS) is 10.6. The second-order valence-corrected chi connectivity index (χ2v) is 3.44. The van der Waals surface area contributed by atoms with Gasteiger partial charge in [-0.1, -0.05) is 12.1 Å². The number of aromatic hydroxyl groups is 1. The van der Waals surface area contributed by atoms with Crippen LogP contribution in [-0.2, 0) is 9.53 Å². The number of carbonyl (C=O) groups excluding carboxylic acids is 1. The summed E-state index contributed by atoms with van der Waals surface area (Å²) in [5.74, 6) is -2.64. The van der Waals surface area contributed by atoms with E-state index in [1.165, 1.54) is 18.2 Å². The number of hydrogen-bond donors (Lipinski definition) is 2. The Labute approximate surface area is 109 Å². The Balaban J connectivity index is 3.31. The fourth-order valence-electron chi connectivity index (χ4n) is 1.41. The van der Waals surface area contributed by atoms with E-state index in [4.69, 9.17) is 10.4 Å². The molecule has 2 N–H and O–H groups in total. The van der Waals surface area contributed by atoms with Crippen LogP contribution in [0, 0.1) is 11.3 Å². The molecule has 0 unspecified atom stereocenters. The number of carboxylic acids is 1. The van der Waals surface area contributed by atoms with E-state index in [1.807, 2.05) is 0 Å². The molecule has 0 aliphatic heterocycles. The summed E-state index contributed by atoms with van der Waals surface area (Å²) in [5, 5.41) is 27.3. The third kappa shape index (κ3) is 3.33. The first-order chi connectivity index (χ1) is 9.01. The van der Waals surface area contributed by atoms with Crippen LogP contribution in [0.5, 0.6) is 5.75 Å². The Morgan fingerprint density at radius 2 is 2.16 bits per heavy atom. The maximum atomic E-state index is 11.4. The summed E-state index contributed by atoms with van der Waals surface area (Å²) < 4.78 is 4.66. The van der Waals surface area contributed by atoms with E-state index < -0.39 is 17.7 Å². The van der Waals surface area contributed by atoms with Crippen LogP contribution in [0.3, 0.4) is 0 Å². The van der Waals surface area contributed by atoms with E-state index >= 15 is 0 Å². The molecule has 98 valence electrons. The number of nitrogens with zero attached hydrogens (tertiary/aromatic N) is 1. The molecule has 6 heteroatoms. The number of ether oxygens (including phenoxy) is 1.